The molecule has 0 heterocycles. The minimum absolute atomic E-state index is 0.303. The third-order valence-electron chi connectivity index (χ3n) is 3.93. The molecule has 0 aromatic heterocycles. The van der Waals surface area contributed by atoms with Crippen LogP contribution in [0.5, 0.6) is 0 Å². The van der Waals surface area contributed by atoms with E-state index in [-0.39, 0.29) is 5.91 Å². The van der Waals surface area contributed by atoms with Crippen LogP contribution in [0.25, 0.3) is 0 Å². The number of carbonyl (C=O) groups excluding carboxylic acids is 1. The van der Waals surface area contributed by atoms with Gasteiger partial charge in [-0.2, -0.15) is 0 Å². The highest BCUT2D eigenvalue weighted by Crippen LogP contribution is 2.33. The molecule has 1 aliphatic rings. The van der Waals surface area contributed by atoms with Crippen LogP contribution >= 0.6 is 38.5 Å². The number of aliphatic carboxylic acids is 1. The molecule has 0 radical (unpaired) electrons. The Kier molecular flexibility index (Phi) is 5.29. The normalized spacial score (nSPS) is 25.4. The summed E-state index contributed by atoms with van der Waals surface area (Å²) in [5, 5.41) is 12.4. The van der Waals surface area contributed by atoms with Crippen LogP contribution in [0.4, 0.5) is 0 Å². The Morgan fingerprint density at radius 1 is 1.48 bits per heavy atom. The van der Waals surface area contributed by atoms with E-state index in [1.807, 2.05) is 19.1 Å². The SMILES string of the molecule is CC1CCCC(NC(=O)c2cc(Br)ccc2I)(C(=O)O)C1. The first kappa shape index (κ1) is 16.7. The van der Waals surface area contributed by atoms with Crippen LogP contribution in [0.2, 0.25) is 0 Å². The molecule has 1 aromatic rings. The summed E-state index contributed by atoms with van der Waals surface area (Å²) in [6.45, 7) is 2.03. The lowest BCUT2D eigenvalue weighted by Crippen LogP contribution is -2.56. The Bertz CT molecular complexity index is 578. The van der Waals surface area contributed by atoms with E-state index in [2.05, 4.69) is 43.8 Å². The molecule has 6 heteroatoms. The zero-order valence-corrected chi connectivity index (χ0v) is 15.4. The van der Waals surface area contributed by atoms with Gasteiger partial charge >= 0.3 is 5.97 Å². The number of rotatable bonds is 3. The molecule has 1 aliphatic carbocycles. The van der Waals surface area contributed by atoms with Gasteiger partial charge in [-0.05, 0) is 59.5 Å². The minimum Gasteiger partial charge on any atom is -0.480 e. The van der Waals surface area contributed by atoms with Gasteiger partial charge in [0.15, 0.2) is 0 Å². The number of halogens is 2. The smallest absolute Gasteiger partial charge is 0.329 e. The van der Waals surface area contributed by atoms with Crippen LogP contribution < -0.4 is 5.32 Å². The summed E-state index contributed by atoms with van der Waals surface area (Å²) in [6.07, 6.45) is 2.81. The summed E-state index contributed by atoms with van der Waals surface area (Å²) in [6, 6.07) is 5.41. The van der Waals surface area contributed by atoms with Crippen LogP contribution in [-0.4, -0.2) is 22.5 Å². The zero-order valence-electron chi connectivity index (χ0n) is 11.7. The number of benzene rings is 1. The molecular weight excluding hydrogens is 449 g/mol. The minimum atomic E-state index is -1.14. The Morgan fingerprint density at radius 3 is 2.81 bits per heavy atom. The molecule has 1 fully saturated rings. The lowest BCUT2D eigenvalue weighted by molar-refractivity contribution is -0.146. The Balaban J connectivity index is 2.27. The first-order valence-corrected chi connectivity index (χ1v) is 8.72. The molecule has 0 aliphatic heterocycles. The van der Waals surface area contributed by atoms with E-state index in [1.54, 1.807) is 6.07 Å². The van der Waals surface area contributed by atoms with E-state index in [1.165, 1.54) is 0 Å². The first-order valence-electron chi connectivity index (χ1n) is 6.85. The fraction of sp³-hybridized carbons (Fsp3) is 0.467. The fourth-order valence-electron chi connectivity index (χ4n) is 2.87. The molecule has 2 unspecified atom stereocenters. The number of hydrogen-bond acceptors (Lipinski definition) is 2. The lowest BCUT2D eigenvalue weighted by Gasteiger charge is -2.37. The number of carbonyl (C=O) groups is 2. The van der Waals surface area contributed by atoms with Crippen molar-refractivity contribution in [2.45, 2.75) is 38.1 Å². The number of carboxylic acid groups (broad SMARTS) is 1. The van der Waals surface area contributed by atoms with Gasteiger partial charge in [-0.3, -0.25) is 4.79 Å². The molecule has 4 nitrogen and oxygen atoms in total. The third-order valence-corrected chi connectivity index (χ3v) is 5.37. The molecule has 0 bridgehead atoms. The van der Waals surface area contributed by atoms with E-state index in [0.717, 1.165) is 20.9 Å². The Morgan fingerprint density at radius 2 is 2.19 bits per heavy atom. The van der Waals surface area contributed by atoms with E-state index < -0.39 is 11.5 Å². The van der Waals surface area contributed by atoms with E-state index in [4.69, 9.17) is 0 Å². The van der Waals surface area contributed by atoms with Gasteiger partial charge in [-0.25, -0.2) is 4.79 Å². The van der Waals surface area contributed by atoms with Crippen molar-refractivity contribution in [3.8, 4) is 0 Å². The van der Waals surface area contributed by atoms with Gasteiger partial charge < -0.3 is 10.4 Å². The predicted molar refractivity (Wildman–Crippen MR) is 92.3 cm³/mol. The monoisotopic (exact) mass is 465 g/mol. The van der Waals surface area contributed by atoms with Crippen LogP contribution in [-0.2, 0) is 4.79 Å². The highest BCUT2D eigenvalue weighted by Gasteiger charge is 2.43. The Labute approximate surface area is 146 Å². The average molecular weight is 466 g/mol. The molecule has 2 rings (SSSR count). The second kappa shape index (κ2) is 6.64. The number of amides is 1. The Hall–Kier alpha value is -0.630. The average Bonchev–Trinajstić information content (AvgIpc) is 2.41. The summed E-state index contributed by atoms with van der Waals surface area (Å²) in [7, 11) is 0. The van der Waals surface area contributed by atoms with Gasteiger partial charge in [-0.1, -0.05) is 35.7 Å². The van der Waals surface area contributed by atoms with Crippen molar-refractivity contribution in [2.75, 3.05) is 0 Å². The fourth-order valence-corrected chi connectivity index (χ4v) is 3.81. The molecule has 21 heavy (non-hydrogen) atoms. The maximum atomic E-state index is 12.5. The van der Waals surface area contributed by atoms with E-state index in [9.17, 15) is 14.7 Å². The summed E-state index contributed by atoms with van der Waals surface area (Å²) in [5.74, 6) is -0.957. The van der Waals surface area contributed by atoms with Crippen molar-refractivity contribution in [2.24, 2.45) is 5.92 Å². The van der Waals surface area contributed by atoms with Gasteiger partial charge in [0.1, 0.15) is 5.54 Å². The summed E-state index contributed by atoms with van der Waals surface area (Å²) < 4.78 is 1.60. The van der Waals surface area contributed by atoms with Gasteiger partial charge in [-0.15, -0.1) is 0 Å². The quantitative estimate of drug-likeness (QED) is 0.667. The number of hydrogen-bond donors (Lipinski definition) is 2. The predicted octanol–water partition coefficient (Wildman–Crippen LogP) is 3.82. The van der Waals surface area contributed by atoms with Crippen LogP contribution in [0.3, 0.4) is 0 Å². The van der Waals surface area contributed by atoms with Crippen LogP contribution in [0.15, 0.2) is 22.7 Å². The van der Waals surface area contributed by atoms with Gasteiger partial charge in [0.05, 0.1) is 5.56 Å². The van der Waals surface area contributed by atoms with Gasteiger partial charge in [0, 0.05) is 8.04 Å². The first-order chi connectivity index (χ1) is 9.84. The molecule has 0 saturated heterocycles. The molecule has 1 saturated carbocycles. The molecule has 1 aromatic carbocycles. The standard InChI is InChI=1S/C15H17BrINO3/c1-9-3-2-6-15(8-9,14(20)21)18-13(19)11-7-10(16)4-5-12(11)17/h4-5,7,9H,2-3,6,8H2,1H3,(H,18,19)(H,20,21). The van der Waals surface area contributed by atoms with E-state index in [0.29, 0.717) is 24.3 Å². The van der Waals surface area contributed by atoms with Gasteiger partial charge in [0.2, 0.25) is 0 Å². The zero-order chi connectivity index (χ0) is 15.6. The maximum Gasteiger partial charge on any atom is 0.329 e. The third kappa shape index (κ3) is 3.77. The molecular formula is C15H17BrINO3. The van der Waals surface area contributed by atoms with Crippen LogP contribution in [0.1, 0.15) is 43.0 Å². The molecule has 1 amide bonds. The number of carboxylic acids is 1. The van der Waals surface area contributed by atoms with Crippen molar-refractivity contribution >= 4 is 50.4 Å². The van der Waals surface area contributed by atoms with Crippen molar-refractivity contribution in [1.29, 1.82) is 0 Å². The second-order valence-corrected chi connectivity index (χ2v) is 7.74. The summed E-state index contributed by atoms with van der Waals surface area (Å²) in [4.78, 5) is 24.2. The van der Waals surface area contributed by atoms with Crippen molar-refractivity contribution in [3.63, 3.8) is 0 Å². The van der Waals surface area contributed by atoms with E-state index >= 15 is 0 Å². The molecule has 2 atom stereocenters. The lowest BCUT2D eigenvalue weighted by atomic mass is 9.76. The van der Waals surface area contributed by atoms with Crippen molar-refractivity contribution < 1.29 is 14.7 Å². The van der Waals surface area contributed by atoms with Crippen LogP contribution in [0, 0.1) is 9.49 Å². The highest BCUT2D eigenvalue weighted by atomic mass is 127. The maximum absolute atomic E-state index is 12.5. The molecule has 2 N–H and O–H groups in total. The molecule has 114 valence electrons. The van der Waals surface area contributed by atoms with Gasteiger partial charge in [0.25, 0.3) is 5.91 Å². The highest BCUT2D eigenvalue weighted by molar-refractivity contribution is 14.1. The summed E-state index contributed by atoms with van der Waals surface area (Å²) >= 11 is 5.43. The molecule has 0 spiro atoms. The summed E-state index contributed by atoms with van der Waals surface area (Å²) in [5.41, 5.74) is -0.635. The second-order valence-electron chi connectivity index (χ2n) is 5.67. The van der Waals surface area contributed by atoms with Crippen molar-refractivity contribution in [1.82, 2.24) is 5.32 Å². The largest absolute Gasteiger partial charge is 0.480 e. The topological polar surface area (TPSA) is 66.4 Å². The number of nitrogens with one attached hydrogen (secondary N) is 1. The van der Waals surface area contributed by atoms with Crippen molar-refractivity contribution in [3.05, 3.63) is 31.8 Å².